The highest BCUT2D eigenvalue weighted by molar-refractivity contribution is 5.92. The fourth-order valence-corrected chi connectivity index (χ4v) is 8.16. The van der Waals surface area contributed by atoms with E-state index in [4.69, 9.17) is 4.74 Å². The van der Waals surface area contributed by atoms with Crippen molar-refractivity contribution in [3.63, 3.8) is 0 Å². The van der Waals surface area contributed by atoms with Crippen molar-refractivity contribution in [3.05, 3.63) is 0 Å². The lowest BCUT2D eigenvalue weighted by atomic mass is 9.51. The average molecular weight is 632 g/mol. The molecular weight excluding hydrogens is 574 g/mol. The third kappa shape index (κ3) is 9.42. The third-order valence-corrected chi connectivity index (χ3v) is 10.9. The number of carbonyl (C=O) groups is 5. The van der Waals surface area contributed by atoms with Gasteiger partial charge in [0.25, 0.3) is 0 Å². The second-order valence-electron chi connectivity index (χ2n) is 14.4. The summed E-state index contributed by atoms with van der Waals surface area (Å²) in [5.41, 5.74) is 0.492. The molecule has 4 rings (SSSR count). The van der Waals surface area contributed by atoms with E-state index in [0.29, 0.717) is 24.2 Å². The highest BCUT2D eigenvalue weighted by atomic mass is 16.5. The minimum Gasteiger partial charge on any atom is -0.372 e. The van der Waals surface area contributed by atoms with Gasteiger partial charge in [-0.2, -0.15) is 0 Å². The van der Waals surface area contributed by atoms with Crippen molar-refractivity contribution in [2.45, 2.75) is 135 Å². The van der Waals surface area contributed by atoms with Crippen molar-refractivity contribution in [2.24, 2.45) is 23.2 Å². The molecule has 45 heavy (non-hydrogen) atoms. The summed E-state index contributed by atoms with van der Waals surface area (Å²) < 4.78 is 7.08. The van der Waals surface area contributed by atoms with Crippen LogP contribution in [0.1, 0.15) is 111 Å². The van der Waals surface area contributed by atoms with Crippen LogP contribution in [0.25, 0.3) is 0 Å². The number of nitrogens with zero attached hydrogens (tertiary/aromatic N) is 1. The zero-order valence-corrected chi connectivity index (χ0v) is 28.0. The monoisotopic (exact) mass is 631 g/mol. The van der Waals surface area contributed by atoms with Gasteiger partial charge in [-0.05, 0) is 75.5 Å². The SMILES string of the molecule is CCCC1C(=O)NCC(=O)NCC(=O)NCC(=O)NC(C)C(C2CCCCCC2)OC(CC2CC3(CCC3)C2)C(C)C(=O)N1C. The molecule has 4 N–H and O–H groups in total. The Balaban J connectivity index is 1.62. The number of likely N-dealkylation sites (N-methyl/N-ethyl adjacent to an activating group) is 1. The quantitative estimate of drug-likeness (QED) is 0.344. The number of rotatable bonds is 5. The van der Waals surface area contributed by atoms with Crippen LogP contribution in [-0.2, 0) is 28.7 Å². The zero-order valence-electron chi connectivity index (χ0n) is 28.0. The molecule has 254 valence electrons. The lowest BCUT2D eigenvalue weighted by Gasteiger charge is -2.55. The van der Waals surface area contributed by atoms with Crippen LogP contribution in [0.2, 0.25) is 0 Å². The summed E-state index contributed by atoms with van der Waals surface area (Å²) in [6.45, 7) is 4.98. The first kappa shape index (κ1) is 35.2. The van der Waals surface area contributed by atoms with Gasteiger partial charge in [-0.15, -0.1) is 0 Å². The van der Waals surface area contributed by atoms with Gasteiger partial charge in [-0.1, -0.05) is 52.4 Å². The first-order chi connectivity index (χ1) is 21.5. The summed E-state index contributed by atoms with van der Waals surface area (Å²) in [4.78, 5) is 66.6. The first-order valence-electron chi connectivity index (χ1n) is 17.5. The molecule has 3 saturated carbocycles. The van der Waals surface area contributed by atoms with E-state index in [-0.39, 0.29) is 55.6 Å². The van der Waals surface area contributed by atoms with Crippen molar-refractivity contribution in [3.8, 4) is 0 Å². The van der Waals surface area contributed by atoms with Crippen molar-refractivity contribution < 1.29 is 28.7 Å². The highest BCUT2D eigenvalue weighted by Gasteiger charge is 2.49. The lowest BCUT2D eigenvalue weighted by Crippen LogP contribution is -2.54. The van der Waals surface area contributed by atoms with Crippen LogP contribution in [0.15, 0.2) is 0 Å². The van der Waals surface area contributed by atoms with Crippen LogP contribution < -0.4 is 21.3 Å². The second-order valence-corrected chi connectivity index (χ2v) is 14.4. The molecular formula is C34H57N5O6. The van der Waals surface area contributed by atoms with Gasteiger partial charge in [0.15, 0.2) is 0 Å². The Kier molecular flexibility index (Phi) is 12.7. The van der Waals surface area contributed by atoms with Gasteiger partial charge >= 0.3 is 0 Å². The second kappa shape index (κ2) is 16.2. The summed E-state index contributed by atoms with van der Waals surface area (Å²) >= 11 is 0. The maximum atomic E-state index is 14.2. The minimum absolute atomic E-state index is 0.153. The molecule has 0 aromatic heterocycles. The number of amides is 5. The molecule has 11 heteroatoms. The van der Waals surface area contributed by atoms with Gasteiger partial charge in [0.1, 0.15) is 6.04 Å². The summed E-state index contributed by atoms with van der Waals surface area (Å²) in [6.07, 6.45) is 14.1. The molecule has 0 radical (unpaired) electrons. The molecule has 11 nitrogen and oxygen atoms in total. The van der Waals surface area contributed by atoms with E-state index in [0.717, 1.165) is 32.1 Å². The molecule has 1 aliphatic heterocycles. The fraction of sp³-hybridized carbons (Fsp3) is 0.853. The minimum atomic E-state index is -0.735. The Morgan fingerprint density at radius 1 is 0.822 bits per heavy atom. The fourth-order valence-electron chi connectivity index (χ4n) is 8.16. The van der Waals surface area contributed by atoms with E-state index in [1.165, 1.54) is 49.8 Å². The summed E-state index contributed by atoms with van der Waals surface area (Å²) in [5, 5.41) is 10.8. The van der Waals surface area contributed by atoms with E-state index >= 15 is 0 Å². The number of carbonyl (C=O) groups excluding carboxylic acids is 5. The molecule has 0 bridgehead atoms. The van der Waals surface area contributed by atoms with Gasteiger partial charge in [0.2, 0.25) is 29.5 Å². The van der Waals surface area contributed by atoms with Crippen LogP contribution in [0.5, 0.6) is 0 Å². The molecule has 5 atom stereocenters. The Morgan fingerprint density at radius 3 is 2.00 bits per heavy atom. The highest BCUT2D eigenvalue weighted by Crippen LogP contribution is 2.60. The topological polar surface area (TPSA) is 146 Å². The Hall–Kier alpha value is -2.69. The lowest BCUT2D eigenvalue weighted by molar-refractivity contribution is -0.154. The molecule has 0 aromatic carbocycles. The van der Waals surface area contributed by atoms with Crippen molar-refractivity contribution >= 4 is 29.5 Å². The van der Waals surface area contributed by atoms with Gasteiger partial charge in [0, 0.05) is 7.05 Å². The van der Waals surface area contributed by atoms with Gasteiger partial charge in [-0.25, -0.2) is 0 Å². The van der Waals surface area contributed by atoms with E-state index in [9.17, 15) is 24.0 Å². The van der Waals surface area contributed by atoms with Crippen LogP contribution in [0.4, 0.5) is 0 Å². The Labute approximate surface area is 269 Å². The van der Waals surface area contributed by atoms with Gasteiger partial charge < -0.3 is 30.9 Å². The normalized spacial score (nSPS) is 32.0. The van der Waals surface area contributed by atoms with Crippen LogP contribution in [-0.4, -0.2) is 85.4 Å². The van der Waals surface area contributed by atoms with E-state index in [1.54, 1.807) is 7.05 Å². The Bertz CT molecular complexity index is 1050. The maximum absolute atomic E-state index is 14.2. The molecule has 1 spiro atoms. The largest absolute Gasteiger partial charge is 0.372 e. The maximum Gasteiger partial charge on any atom is 0.243 e. The molecule has 4 fully saturated rings. The standard InChI is InChI=1S/C34H57N5O6/c1-5-11-26-32(43)37-20-29(41)35-19-28(40)36-21-30(42)38-23(3)31(25-12-8-6-7-9-13-25)45-27(22(2)33(44)39(26)4)16-24-17-34(18-24)14-10-15-34/h22-27,31H,5-21H2,1-4H3,(H,35,41)(H,36,40)(H,37,43)(H,38,42). The van der Waals surface area contributed by atoms with Crippen LogP contribution in [0.3, 0.4) is 0 Å². The molecule has 1 heterocycles. The molecule has 5 unspecified atom stereocenters. The van der Waals surface area contributed by atoms with E-state index in [1.807, 2.05) is 20.8 Å². The van der Waals surface area contributed by atoms with E-state index < -0.39 is 29.7 Å². The Morgan fingerprint density at radius 2 is 1.42 bits per heavy atom. The predicted molar refractivity (Wildman–Crippen MR) is 171 cm³/mol. The third-order valence-electron chi connectivity index (χ3n) is 10.9. The molecule has 1 saturated heterocycles. The van der Waals surface area contributed by atoms with Crippen LogP contribution in [0, 0.1) is 23.2 Å². The van der Waals surface area contributed by atoms with Crippen molar-refractivity contribution in [1.82, 2.24) is 26.2 Å². The molecule has 3 aliphatic carbocycles. The number of hydrogen-bond donors (Lipinski definition) is 4. The van der Waals surface area contributed by atoms with E-state index in [2.05, 4.69) is 21.3 Å². The number of ether oxygens (including phenoxy) is 1. The van der Waals surface area contributed by atoms with Gasteiger partial charge in [0.05, 0.1) is 43.8 Å². The van der Waals surface area contributed by atoms with Crippen LogP contribution >= 0.6 is 0 Å². The first-order valence-corrected chi connectivity index (χ1v) is 17.5. The van der Waals surface area contributed by atoms with Crippen molar-refractivity contribution in [2.75, 3.05) is 26.7 Å². The average Bonchev–Trinajstić information content (AvgIpc) is 3.26. The predicted octanol–water partition coefficient (Wildman–Crippen LogP) is 2.81. The summed E-state index contributed by atoms with van der Waals surface area (Å²) in [6, 6.07) is -1.07. The zero-order chi connectivity index (χ0) is 32.6. The molecule has 0 aromatic rings. The van der Waals surface area contributed by atoms with Gasteiger partial charge in [-0.3, -0.25) is 24.0 Å². The smallest absolute Gasteiger partial charge is 0.243 e. The molecule has 4 aliphatic rings. The number of hydrogen-bond acceptors (Lipinski definition) is 6. The summed E-state index contributed by atoms with van der Waals surface area (Å²) in [5.74, 6) is -1.69. The van der Waals surface area contributed by atoms with Crippen molar-refractivity contribution in [1.29, 1.82) is 0 Å². The summed E-state index contributed by atoms with van der Waals surface area (Å²) in [7, 11) is 1.67. The molecule has 5 amide bonds. The number of nitrogens with one attached hydrogen (secondary N) is 4.